The number of fused-ring (bicyclic) bond motifs is 5. The molecular formula is C27H42NO3+. The third-order valence-corrected chi connectivity index (χ3v) is 10.4. The molecule has 0 spiro atoms. The molecule has 5 rings (SSSR count). The molecule has 6 unspecified atom stereocenters. The van der Waals surface area contributed by atoms with Crippen molar-refractivity contribution in [3.05, 3.63) is 11.6 Å². The zero-order valence-electron chi connectivity index (χ0n) is 19.7. The Hall–Kier alpha value is -1.16. The molecule has 0 amide bonds. The number of piperidine rings is 1. The topological polar surface area (TPSA) is 47.8 Å². The molecule has 0 aromatic rings. The Labute approximate surface area is 188 Å². The van der Waals surface area contributed by atoms with Crippen molar-refractivity contribution < 1.29 is 19.2 Å². The summed E-state index contributed by atoms with van der Waals surface area (Å²) in [6.07, 6.45) is 15.4. The van der Waals surface area contributed by atoms with E-state index in [0.29, 0.717) is 24.0 Å². The van der Waals surface area contributed by atoms with Crippen molar-refractivity contribution in [3.8, 4) is 0 Å². The highest BCUT2D eigenvalue weighted by Gasteiger charge is 2.59. The third kappa shape index (κ3) is 3.81. The first kappa shape index (κ1) is 21.7. The van der Waals surface area contributed by atoms with Gasteiger partial charge >= 0.3 is 5.97 Å². The van der Waals surface area contributed by atoms with Crippen molar-refractivity contribution >= 4 is 11.8 Å². The second kappa shape index (κ2) is 8.32. The van der Waals surface area contributed by atoms with E-state index >= 15 is 0 Å². The van der Waals surface area contributed by atoms with E-state index in [1.165, 1.54) is 63.6 Å². The molecule has 6 atom stereocenters. The predicted molar refractivity (Wildman–Crippen MR) is 121 cm³/mol. The molecule has 31 heavy (non-hydrogen) atoms. The second-order valence-electron chi connectivity index (χ2n) is 11.9. The average molecular weight is 429 g/mol. The lowest BCUT2D eigenvalue weighted by Crippen LogP contribution is -3.12. The molecular weight excluding hydrogens is 386 g/mol. The summed E-state index contributed by atoms with van der Waals surface area (Å²) in [5, 5.41) is 0. The van der Waals surface area contributed by atoms with Crippen LogP contribution in [0.5, 0.6) is 0 Å². The van der Waals surface area contributed by atoms with Gasteiger partial charge < -0.3 is 9.64 Å². The van der Waals surface area contributed by atoms with Crippen molar-refractivity contribution in [3.63, 3.8) is 0 Å². The van der Waals surface area contributed by atoms with Crippen LogP contribution in [0.4, 0.5) is 0 Å². The summed E-state index contributed by atoms with van der Waals surface area (Å²) in [5.41, 5.74) is 1.82. The fraction of sp³-hybridized carbons (Fsp3) is 0.852. The summed E-state index contributed by atoms with van der Waals surface area (Å²) in [7, 11) is 0. The second-order valence-corrected chi connectivity index (χ2v) is 11.9. The van der Waals surface area contributed by atoms with Crippen molar-refractivity contribution in [2.45, 2.75) is 97.0 Å². The van der Waals surface area contributed by atoms with E-state index in [0.717, 1.165) is 38.1 Å². The van der Waals surface area contributed by atoms with Gasteiger partial charge in [-0.1, -0.05) is 19.4 Å². The Morgan fingerprint density at radius 3 is 2.65 bits per heavy atom. The van der Waals surface area contributed by atoms with Crippen molar-refractivity contribution in [1.82, 2.24) is 0 Å². The molecule has 4 fully saturated rings. The number of rotatable bonds is 4. The molecule has 0 bridgehead atoms. The monoisotopic (exact) mass is 428 g/mol. The van der Waals surface area contributed by atoms with E-state index < -0.39 is 0 Å². The molecule has 1 N–H and O–H groups in total. The van der Waals surface area contributed by atoms with Gasteiger partial charge in [0, 0.05) is 11.8 Å². The van der Waals surface area contributed by atoms with Crippen molar-refractivity contribution in [2.75, 3.05) is 19.6 Å². The van der Waals surface area contributed by atoms with E-state index in [1.807, 2.05) is 6.08 Å². The Morgan fingerprint density at radius 1 is 1.03 bits per heavy atom. The lowest BCUT2D eigenvalue weighted by atomic mass is 9.47. The maximum Gasteiger partial charge on any atom is 0.311 e. The summed E-state index contributed by atoms with van der Waals surface area (Å²) in [4.78, 5) is 26.4. The number of hydrogen-bond donors (Lipinski definition) is 1. The van der Waals surface area contributed by atoms with E-state index in [-0.39, 0.29) is 22.9 Å². The first-order valence-corrected chi connectivity index (χ1v) is 13.2. The molecule has 172 valence electrons. The van der Waals surface area contributed by atoms with Gasteiger partial charge in [-0.3, -0.25) is 9.59 Å². The maximum atomic E-state index is 12.7. The Kier molecular flexibility index (Phi) is 5.82. The fourth-order valence-electron chi connectivity index (χ4n) is 8.50. The summed E-state index contributed by atoms with van der Waals surface area (Å²) in [6.45, 7) is 8.26. The van der Waals surface area contributed by atoms with Gasteiger partial charge in [-0.05, 0) is 93.5 Å². The molecule has 3 saturated carbocycles. The summed E-state index contributed by atoms with van der Waals surface area (Å²) < 4.78 is 6.19. The lowest BCUT2D eigenvalue weighted by Gasteiger charge is -2.57. The number of nitrogens with one attached hydrogen (secondary N) is 1. The molecule has 0 radical (unpaired) electrons. The molecule has 4 aliphatic carbocycles. The molecule has 4 nitrogen and oxygen atoms in total. The largest absolute Gasteiger partial charge is 0.462 e. The molecule has 1 aliphatic heterocycles. The SMILES string of the molecule is CC12CCC(=O)C=C1CCC1C2CCC2(C)C(OC(=O)CC[NH+]3CCCCC3)CCC12. The van der Waals surface area contributed by atoms with Crippen LogP contribution >= 0.6 is 0 Å². The van der Waals surface area contributed by atoms with Crippen LogP contribution in [0.15, 0.2) is 11.6 Å². The van der Waals surface area contributed by atoms with E-state index in [4.69, 9.17) is 4.74 Å². The molecule has 5 aliphatic rings. The zero-order valence-corrected chi connectivity index (χ0v) is 19.7. The van der Waals surface area contributed by atoms with Gasteiger partial charge in [-0.15, -0.1) is 0 Å². The number of carbonyl (C=O) groups excluding carboxylic acids is 2. The number of allylic oxidation sites excluding steroid dienone is 1. The molecule has 4 heteroatoms. The van der Waals surface area contributed by atoms with E-state index in [9.17, 15) is 9.59 Å². The number of hydrogen-bond acceptors (Lipinski definition) is 3. The minimum atomic E-state index is 0.0405. The molecule has 0 aromatic heterocycles. The summed E-state index contributed by atoms with van der Waals surface area (Å²) >= 11 is 0. The van der Waals surface area contributed by atoms with Gasteiger partial charge in [0.15, 0.2) is 5.78 Å². The van der Waals surface area contributed by atoms with Gasteiger partial charge in [0.1, 0.15) is 6.10 Å². The normalized spacial score (nSPS) is 42.9. The first-order chi connectivity index (χ1) is 14.9. The van der Waals surface area contributed by atoms with Gasteiger partial charge in [-0.25, -0.2) is 0 Å². The molecule has 0 aromatic carbocycles. The minimum absolute atomic E-state index is 0.0405. The van der Waals surface area contributed by atoms with Gasteiger partial charge in [0.05, 0.1) is 26.1 Å². The van der Waals surface area contributed by atoms with Crippen LogP contribution in [0.3, 0.4) is 0 Å². The Bertz CT molecular complexity index is 754. The summed E-state index contributed by atoms with van der Waals surface area (Å²) in [6, 6.07) is 0. The van der Waals surface area contributed by atoms with Crippen LogP contribution < -0.4 is 4.90 Å². The van der Waals surface area contributed by atoms with Crippen LogP contribution in [0, 0.1) is 28.6 Å². The zero-order chi connectivity index (χ0) is 21.6. The summed E-state index contributed by atoms with van der Waals surface area (Å²) in [5.74, 6) is 2.49. The van der Waals surface area contributed by atoms with Crippen LogP contribution in [-0.2, 0) is 14.3 Å². The lowest BCUT2D eigenvalue weighted by molar-refractivity contribution is -0.904. The van der Waals surface area contributed by atoms with Crippen LogP contribution in [0.2, 0.25) is 0 Å². The van der Waals surface area contributed by atoms with Crippen LogP contribution in [0.25, 0.3) is 0 Å². The quantitative estimate of drug-likeness (QED) is 0.691. The minimum Gasteiger partial charge on any atom is -0.462 e. The molecule has 1 heterocycles. The van der Waals surface area contributed by atoms with Gasteiger partial charge in [0.25, 0.3) is 0 Å². The number of likely N-dealkylation sites (tertiary alicyclic amines) is 1. The van der Waals surface area contributed by atoms with Crippen molar-refractivity contribution in [2.24, 2.45) is 28.6 Å². The Balaban J connectivity index is 1.23. The van der Waals surface area contributed by atoms with Gasteiger partial charge in [0.2, 0.25) is 0 Å². The third-order valence-electron chi connectivity index (χ3n) is 10.4. The smallest absolute Gasteiger partial charge is 0.311 e. The number of esters is 1. The first-order valence-electron chi connectivity index (χ1n) is 13.2. The predicted octanol–water partition coefficient (Wildman–Crippen LogP) is 3.89. The standard InChI is InChI=1S/C27H41NO3/c1-26-13-10-20(29)18-19(26)6-7-21-22-8-9-24(27(22,2)14-11-23(21)26)31-25(30)12-17-28-15-4-3-5-16-28/h18,21-24H,3-17H2,1-2H3/p+1. The maximum absolute atomic E-state index is 12.7. The van der Waals surface area contributed by atoms with Crippen molar-refractivity contribution in [1.29, 1.82) is 0 Å². The van der Waals surface area contributed by atoms with Crippen LogP contribution in [-0.4, -0.2) is 37.5 Å². The van der Waals surface area contributed by atoms with E-state index in [2.05, 4.69) is 13.8 Å². The molecule has 1 saturated heterocycles. The number of ketones is 1. The highest BCUT2D eigenvalue weighted by atomic mass is 16.5. The Morgan fingerprint density at radius 2 is 1.84 bits per heavy atom. The van der Waals surface area contributed by atoms with E-state index in [1.54, 1.807) is 4.90 Å². The van der Waals surface area contributed by atoms with Crippen LogP contribution in [0.1, 0.15) is 90.9 Å². The highest BCUT2D eigenvalue weighted by Crippen LogP contribution is 2.65. The number of quaternary nitrogens is 1. The highest BCUT2D eigenvalue weighted by molar-refractivity contribution is 5.91. The number of carbonyl (C=O) groups is 2. The number of ether oxygens (including phenoxy) is 1. The fourth-order valence-corrected chi connectivity index (χ4v) is 8.50. The van der Waals surface area contributed by atoms with Gasteiger partial charge in [-0.2, -0.15) is 0 Å². The average Bonchev–Trinajstić information content (AvgIpc) is 3.10.